The SMILES string of the molecule is O=C(CSc1nc2ccccc2c(=O)n1C1CC1)NNC(=O)c1cccc([N+](=O)[O-])c1. The number of aromatic nitrogens is 2. The van der Waals surface area contributed by atoms with Crippen LogP contribution < -0.4 is 16.4 Å². The first-order valence-corrected chi connectivity index (χ1v) is 10.4. The molecule has 0 aliphatic heterocycles. The van der Waals surface area contributed by atoms with Crippen LogP contribution in [0.25, 0.3) is 10.9 Å². The number of hydrogen-bond acceptors (Lipinski definition) is 7. The number of carbonyl (C=O) groups is 2. The molecule has 10 nitrogen and oxygen atoms in total. The zero-order chi connectivity index (χ0) is 22.0. The first-order chi connectivity index (χ1) is 14.9. The third kappa shape index (κ3) is 4.56. The minimum absolute atomic E-state index is 0.0425. The van der Waals surface area contributed by atoms with Gasteiger partial charge in [0.2, 0.25) is 5.91 Å². The molecule has 2 amide bonds. The second-order valence-electron chi connectivity index (χ2n) is 6.92. The third-order valence-corrected chi connectivity index (χ3v) is 5.61. The predicted molar refractivity (Wildman–Crippen MR) is 114 cm³/mol. The molecule has 1 saturated carbocycles. The van der Waals surface area contributed by atoms with E-state index in [9.17, 15) is 24.5 Å². The highest BCUT2D eigenvalue weighted by atomic mass is 32.2. The number of carbonyl (C=O) groups excluding carboxylic acids is 2. The molecule has 158 valence electrons. The molecule has 0 unspecified atom stereocenters. The van der Waals surface area contributed by atoms with Crippen molar-refractivity contribution in [1.82, 2.24) is 20.4 Å². The molecule has 2 N–H and O–H groups in total. The number of para-hydroxylation sites is 1. The normalized spacial score (nSPS) is 13.0. The smallest absolute Gasteiger partial charge is 0.270 e. The quantitative estimate of drug-likeness (QED) is 0.260. The standard InChI is InChI=1S/C20H17N5O5S/c26-17(22-23-18(27)12-4-3-5-14(10-12)25(29)30)11-31-20-21-16-7-2-1-6-15(16)19(28)24(20)13-8-9-13/h1-7,10,13H,8-9,11H2,(H,22,26)(H,23,27). The van der Waals surface area contributed by atoms with Crippen molar-refractivity contribution in [2.24, 2.45) is 0 Å². The van der Waals surface area contributed by atoms with Gasteiger partial charge in [-0.15, -0.1) is 0 Å². The maximum Gasteiger partial charge on any atom is 0.270 e. The summed E-state index contributed by atoms with van der Waals surface area (Å²) in [5.74, 6) is -1.26. The van der Waals surface area contributed by atoms with Gasteiger partial charge < -0.3 is 0 Å². The van der Waals surface area contributed by atoms with Crippen molar-refractivity contribution in [2.45, 2.75) is 24.0 Å². The number of rotatable bonds is 6. The number of non-ortho nitro benzene ring substituents is 1. The van der Waals surface area contributed by atoms with Crippen molar-refractivity contribution >= 4 is 40.2 Å². The predicted octanol–water partition coefficient (Wildman–Crippen LogP) is 2.19. The maximum absolute atomic E-state index is 12.8. The molecule has 4 rings (SSSR count). The number of nitrogens with zero attached hydrogens (tertiary/aromatic N) is 3. The van der Waals surface area contributed by atoms with Gasteiger partial charge in [-0.1, -0.05) is 30.0 Å². The summed E-state index contributed by atoms with van der Waals surface area (Å²) in [6.45, 7) is 0. The van der Waals surface area contributed by atoms with Crippen molar-refractivity contribution in [1.29, 1.82) is 0 Å². The summed E-state index contributed by atoms with van der Waals surface area (Å²) in [6, 6.07) is 12.3. The van der Waals surface area contributed by atoms with E-state index < -0.39 is 16.7 Å². The molecule has 0 spiro atoms. The Morgan fingerprint density at radius 1 is 1.16 bits per heavy atom. The number of nitro groups is 1. The van der Waals surface area contributed by atoms with Gasteiger partial charge in [0, 0.05) is 23.7 Å². The Morgan fingerprint density at radius 2 is 1.94 bits per heavy atom. The summed E-state index contributed by atoms with van der Waals surface area (Å²) < 4.78 is 1.63. The van der Waals surface area contributed by atoms with Gasteiger partial charge in [0.25, 0.3) is 17.2 Å². The van der Waals surface area contributed by atoms with Crippen LogP contribution in [0.1, 0.15) is 29.2 Å². The van der Waals surface area contributed by atoms with E-state index in [1.807, 2.05) is 0 Å². The van der Waals surface area contributed by atoms with E-state index in [0.717, 1.165) is 30.7 Å². The lowest BCUT2D eigenvalue weighted by Gasteiger charge is -2.12. The maximum atomic E-state index is 12.8. The summed E-state index contributed by atoms with van der Waals surface area (Å²) in [5.41, 5.74) is 4.75. The molecule has 3 aromatic rings. The van der Waals surface area contributed by atoms with Crippen LogP contribution in [-0.2, 0) is 4.79 Å². The highest BCUT2D eigenvalue weighted by Gasteiger charge is 2.28. The molecule has 1 heterocycles. The van der Waals surface area contributed by atoms with Gasteiger partial charge in [-0.05, 0) is 31.0 Å². The summed E-state index contributed by atoms with van der Waals surface area (Å²) in [5, 5.41) is 11.8. The minimum Gasteiger partial charge on any atom is -0.284 e. The topological polar surface area (TPSA) is 136 Å². The molecule has 0 bridgehead atoms. The Hall–Kier alpha value is -3.73. The lowest BCUT2D eigenvalue weighted by atomic mass is 10.2. The fraction of sp³-hybridized carbons (Fsp3) is 0.200. The molecular formula is C20H17N5O5S. The molecule has 11 heteroatoms. The molecule has 31 heavy (non-hydrogen) atoms. The monoisotopic (exact) mass is 439 g/mol. The molecule has 1 fully saturated rings. The van der Waals surface area contributed by atoms with Gasteiger partial charge in [-0.3, -0.25) is 39.9 Å². The van der Waals surface area contributed by atoms with Crippen molar-refractivity contribution in [3.05, 3.63) is 74.6 Å². The van der Waals surface area contributed by atoms with Crippen molar-refractivity contribution in [2.75, 3.05) is 5.75 Å². The van der Waals surface area contributed by atoms with E-state index in [0.29, 0.717) is 16.1 Å². The van der Waals surface area contributed by atoms with Gasteiger partial charge in [-0.2, -0.15) is 0 Å². The van der Waals surface area contributed by atoms with Gasteiger partial charge >= 0.3 is 0 Å². The van der Waals surface area contributed by atoms with Crippen molar-refractivity contribution < 1.29 is 14.5 Å². The molecule has 1 aliphatic rings. The Balaban J connectivity index is 1.41. The van der Waals surface area contributed by atoms with Crippen LogP contribution in [0.2, 0.25) is 0 Å². The molecule has 0 atom stereocenters. The van der Waals surface area contributed by atoms with E-state index in [1.165, 1.54) is 18.2 Å². The zero-order valence-corrected chi connectivity index (χ0v) is 16.9. The van der Waals surface area contributed by atoms with Crippen LogP contribution in [0, 0.1) is 10.1 Å². The lowest BCUT2D eigenvalue weighted by Crippen LogP contribution is -2.42. The average molecular weight is 439 g/mol. The number of nitro benzene ring substituents is 1. The van der Waals surface area contributed by atoms with Crippen LogP contribution >= 0.6 is 11.8 Å². The van der Waals surface area contributed by atoms with Crippen molar-refractivity contribution in [3.63, 3.8) is 0 Å². The largest absolute Gasteiger partial charge is 0.284 e. The summed E-state index contributed by atoms with van der Waals surface area (Å²) in [4.78, 5) is 51.9. The summed E-state index contributed by atoms with van der Waals surface area (Å²) in [7, 11) is 0. The molecular weight excluding hydrogens is 422 g/mol. The minimum atomic E-state index is -0.680. The first-order valence-electron chi connectivity index (χ1n) is 9.42. The molecule has 1 aliphatic carbocycles. The summed E-state index contributed by atoms with van der Waals surface area (Å²) >= 11 is 1.11. The molecule has 1 aromatic heterocycles. The number of benzene rings is 2. The fourth-order valence-corrected chi connectivity index (χ4v) is 3.87. The number of amides is 2. The number of hydrazine groups is 1. The van der Waals surface area contributed by atoms with Crippen LogP contribution in [0.5, 0.6) is 0 Å². The zero-order valence-electron chi connectivity index (χ0n) is 16.1. The Bertz CT molecular complexity index is 1250. The van der Waals surface area contributed by atoms with E-state index in [-0.39, 0.29) is 28.6 Å². The lowest BCUT2D eigenvalue weighted by molar-refractivity contribution is -0.384. The van der Waals surface area contributed by atoms with Crippen LogP contribution in [0.15, 0.2) is 58.5 Å². The second kappa shape index (κ2) is 8.56. The highest BCUT2D eigenvalue weighted by molar-refractivity contribution is 7.99. The second-order valence-corrected chi connectivity index (χ2v) is 7.86. The first kappa shape index (κ1) is 20.5. The average Bonchev–Trinajstić information content (AvgIpc) is 3.61. The Labute approximate surface area is 179 Å². The van der Waals surface area contributed by atoms with Crippen molar-refractivity contribution in [3.8, 4) is 0 Å². The number of thioether (sulfide) groups is 1. The molecule has 0 saturated heterocycles. The van der Waals surface area contributed by atoms with E-state index in [4.69, 9.17) is 0 Å². The van der Waals surface area contributed by atoms with E-state index in [2.05, 4.69) is 15.8 Å². The number of fused-ring (bicyclic) bond motifs is 1. The Kier molecular flexibility index (Phi) is 5.67. The third-order valence-electron chi connectivity index (χ3n) is 4.65. The van der Waals surface area contributed by atoms with Crippen LogP contribution in [-0.4, -0.2) is 32.0 Å². The van der Waals surface area contributed by atoms with Gasteiger partial charge in [0.1, 0.15) is 0 Å². The van der Waals surface area contributed by atoms with E-state index >= 15 is 0 Å². The van der Waals surface area contributed by atoms with Crippen LogP contribution in [0.3, 0.4) is 0 Å². The fourth-order valence-electron chi connectivity index (χ4n) is 3.01. The van der Waals surface area contributed by atoms with Gasteiger partial charge in [0.15, 0.2) is 5.16 Å². The molecule has 2 aromatic carbocycles. The highest BCUT2D eigenvalue weighted by Crippen LogP contribution is 2.36. The van der Waals surface area contributed by atoms with Gasteiger partial charge in [-0.25, -0.2) is 4.98 Å². The summed E-state index contributed by atoms with van der Waals surface area (Å²) in [6.07, 6.45) is 1.78. The number of hydrogen-bond donors (Lipinski definition) is 2. The van der Waals surface area contributed by atoms with E-state index in [1.54, 1.807) is 28.8 Å². The Morgan fingerprint density at radius 3 is 2.68 bits per heavy atom. The number of nitrogens with one attached hydrogen (secondary N) is 2. The van der Waals surface area contributed by atoms with Gasteiger partial charge in [0.05, 0.1) is 21.6 Å². The van der Waals surface area contributed by atoms with Crippen LogP contribution in [0.4, 0.5) is 5.69 Å². The molecule has 0 radical (unpaired) electrons.